The molecule has 0 aromatic rings. The Morgan fingerprint density at radius 2 is 1.41 bits per heavy atom. The van der Waals surface area contributed by atoms with Crippen LogP contribution in [0.4, 0.5) is 0 Å². The highest BCUT2D eigenvalue weighted by atomic mass is 15.2. The van der Waals surface area contributed by atoms with Crippen molar-refractivity contribution in [2.24, 2.45) is 40.4 Å². The molecule has 9 atom stereocenters. The molecular formula is C27H50N2. The zero-order chi connectivity index (χ0) is 21.1. The van der Waals surface area contributed by atoms with Gasteiger partial charge in [-0.25, -0.2) is 0 Å². The molecule has 0 aromatic carbocycles. The Morgan fingerprint density at radius 3 is 2.07 bits per heavy atom. The maximum Gasteiger partial charge on any atom is 0.0100 e. The van der Waals surface area contributed by atoms with Crippen molar-refractivity contribution >= 4 is 0 Å². The van der Waals surface area contributed by atoms with Gasteiger partial charge in [-0.3, -0.25) is 0 Å². The lowest BCUT2D eigenvalue weighted by molar-refractivity contribution is -0.123. The fourth-order valence-corrected chi connectivity index (χ4v) is 9.29. The molecule has 0 bridgehead atoms. The van der Waals surface area contributed by atoms with E-state index in [1.54, 1.807) is 0 Å². The molecule has 0 N–H and O–H groups in total. The Bertz CT molecular complexity index is 585. The van der Waals surface area contributed by atoms with Crippen molar-refractivity contribution in [3.8, 4) is 0 Å². The van der Waals surface area contributed by atoms with Crippen LogP contribution in [0, 0.1) is 40.4 Å². The van der Waals surface area contributed by atoms with E-state index in [0.29, 0.717) is 16.9 Å². The molecule has 0 heterocycles. The summed E-state index contributed by atoms with van der Waals surface area (Å²) in [7, 11) is 6.98. The summed E-state index contributed by atoms with van der Waals surface area (Å²) in [6, 6.07) is 2.22. The summed E-state index contributed by atoms with van der Waals surface area (Å²) in [4.78, 5) is 5.17. The Balaban J connectivity index is 1.53. The topological polar surface area (TPSA) is 6.48 Å². The molecule has 0 saturated heterocycles. The lowest BCUT2D eigenvalue weighted by atomic mass is 9.44. The minimum absolute atomic E-state index is 0.591. The third kappa shape index (κ3) is 3.43. The first-order chi connectivity index (χ1) is 13.6. The molecule has 4 aliphatic rings. The van der Waals surface area contributed by atoms with Gasteiger partial charge in [0.05, 0.1) is 0 Å². The zero-order valence-electron chi connectivity index (χ0n) is 20.9. The molecule has 0 amide bonds. The van der Waals surface area contributed by atoms with Crippen molar-refractivity contribution in [1.29, 1.82) is 0 Å². The predicted molar refractivity (Wildman–Crippen MR) is 125 cm³/mol. The van der Waals surface area contributed by atoms with E-state index in [2.05, 4.69) is 65.6 Å². The monoisotopic (exact) mass is 402 g/mol. The molecule has 0 aliphatic heterocycles. The van der Waals surface area contributed by atoms with Crippen molar-refractivity contribution in [2.45, 2.75) is 111 Å². The molecule has 0 radical (unpaired) electrons. The van der Waals surface area contributed by atoms with Gasteiger partial charge in [-0.2, -0.15) is 0 Å². The van der Waals surface area contributed by atoms with E-state index >= 15 is 0 Å². The van der Waals surface area contributed by atoms with E-state index in [4.69, 9.17) is 0 Å². The second-order valence-corrected chi connectivity index (χ2v) is 12.8. The van der Waals surface area contributed by atoms with Gasteiger partial charge < -0.3 is 9.80 Å². The average molecular weight is 403 g/mol. The Labute approximate surface area is 182 Å². The minimum Gasteiger partial charge on any atom is -0.306 e. The molecule has 2 nitrogen and oxygen atoms in total. The number of nitrogens with zero attached hydrogens (tertiary/aromatic N) is 2. The van der Waals surface area contributed by atoms with Crippen LogP contribution >= 0.6 is 0 Å². The second-order valence-electron chi connectivity index (χ2n) is 12.8. The third-order valence-electron chi connectivity index (χ3n) is 11.5. The van der Waals surface area contributed by atoms with E-state index in [1.807, 2.05) is 0 Å². The fraction of sp³-hybridized carbons (Fsp3) is 1.00. The van der Waals surface area contributed by atoms with E-state index in [-0.39, 0.29) is 0 Å². The van der Waals surface area contributed by atoms with Crippen molar-refractivity contribution in [3.05, 3.63) is 0 Å². The van der Waals surface area contributed by atoms with Gasteiger partial charge in [0.2, 0.25) is 0 Å². The van der Waals surface area contributed by atoms with E-state index < -0.39 is 0 Å². The van der Waals surface area contributed by atoms with Gasteiger partial charge in [-0.15, -0.1) is 0 Å². The first-order valence-electron chi connectivity index (χ1n) is 13.0. The number of rotatable bonds is 4. The van der Waals surface area contributed by atoms with Crippen LogP contribution in [0.15, 0.2) is 0 Å². The van der Waals surface area contributed by atoms with Crippen LogP contribution in [0.2, 0.25) is 0 Å². The molecule has 0 spiro atoms. The molecule has 4 aliphatic carbocycles. The SMILES string of the molecule is CC(C)N(C)C(C)C1CCC2C3CCC4CC(N(C)C)CCC4(C)C3CCC21C. The van der Waals surface area contributed by atoms with Crippen LogP contribution in [0.1, 0.15) is 92.4 Å². The summed E-state index contributed by atoms with van der Waals surface area (Å²) in [6.45, 7) is 12.7. The van der Waals surface area contributed by atoms with Crippen LogP contribution in [0.25, 0.3) is 0 Å². The van der Waals surface area contributed by atoms with E-state index in [9.17, 15) is 0 Å². The van der Waals surface area contributed by atoms with E-state index in [1.165, 1.54) is 57.8 Å². The molecule has 168 valence electrons. The first-order valence-corrected chi connectivity index (χ1v) is 13.0. The van der Waals surface area contributed by atoms with Crippen LogP contribution < -0.4 is 0 Å². The maximum absolute atomic E-state index is 2.73. The van der Waals surface area contributed by atoms with Gasteiger partial charge >= 0.3 is 0 Å². The average Bonchev–Trinajstić information content (AvgIpc) is 3.03. The van der Waals surface area contributed by atoms with Gasteiger partial charge in [0.15, 0.2) is 0 Å². The molecule has 4 rings (SSSR count). The standard InChI is InChI=1S/C27H50N2/c1-18(2)29(8)19(3)23-11-12-24-22-10-9-20-17-21(28(6)7)13-15-26(20,4)25(22)14-16-27(23,24)5/h18-25H,9-17H2,1-8H3. The van der Waals surface area contributed by atoms with Gasteiger partial charge in [0, 0.05) is 18.1 Å². The Hall–Kier alpha value is -0.0800. The van der Waals surface area contributed by atoms with Gasteiger partial charge in [-0.1, -0.05) is 13.8 Å². The van der Waals surface area contributed by atoms with Crippen LogP contribution in [0.3, 0.4) is 0 Å². The van der Waals surface area contributed by atoms with Gasteiger partial charge in [0.1, 0.15) is 0 Å². The molecule has 29 heavy (non-hydrogen) atoms. The molecule has 9 unspecified atom stereocenters. The molecule has 0 aromatic heterocycles. The summed E-state index contributed by atoms with van der Waals surface area (Å²) < 4.78 is 0. The Kier molecular flexibility index (Phi) is 5.95. The normalized spacial score (nSPS) is 48.5. The number of hydrogen-bond donors (Lipinski definition) is 0. The second kappa shape index (κ2) is 7.80. The highest BCUT2D eigenvalue weighted by molar-refractivity contribution is 5.10. The zero-order valence-corrected chi connectivity index (χ0v) is 20.9. The highest BCUT2D eigenvalue weighted by Gasteiger charge is 2.60. The van der Waals surface area contributed by atoms with Gasteiger partial charge in [-0.05, 0) is 140 Å². The molecule has 4 fully saturated rings. The smallest absolute Gasteiger partial charge is 0.0100 e. The summed E-state index contributed by atoms with van der Waals surface area (Å²) in [5.74, 6) is 4.92. The molecular weight excluding hydrogens is 352 g/mol. The number of fused-ring (bicyclic) bond motifs is 5. The summed E-state index contributed by atoms with van der Waals surface area (Å²) in [5.41, 5.74) is 1.23. The highest BCUT2D eigenvalue weighted by Crippen LogP contribution is 2.68. The number of hydrogen-bond acceptors (Lipinski definition) is 2. The molecule has 4 saturated carbocycles. The summed E-state index contributed by atoms with van der Waals surface area (Å²) in [5, 5.41) is 0. The third-order valence-corrected chi connectivity index (χ3v) is 11.5. The van der Waals surface area contributed by atoms with Crippen LogP contribution in [0.5, 0.6) is 0 Å². The Morgan fingerprint density at radius 1 is 0.759 bits per heavy atom. The van der Waals surface area contributed by atoms with Crippen molar-refractivity contribution in [2.75, 3.05) is 21.1 Å². The summed E-state index contributed by atoms with van der Waals surface area (Å²) in [6.07, 6.45) is 13.4. The minimum atomic E-state index is 0.591. The first kappa shape index (κ1) is 22.1. The van der Waals surface area contributed by atoms with Crippen molar-refractivity contribution in [3.63, 3.8) is 0 Å². The van der Waals surface area contributed by atoms with Crippen molar-refractivity contribution < 1.29 is 0 Å². The van der Waals surface area contributed by atoms with E-state index in [0.717, 1.165) is 41.7 Å². The van der Waals surface area contributed by atoms with Crippen LogP contribution in [-0.2, 0) is 0 Å². The predicted octanol–water partition coefficient (Wildman–Crippen LogP) is 6.30. The quantitative estimate of drug-likeness (QED) is 0.544. The van der Waals surface area contributed by atoms with Crippen molar-refractivity contribution in [1.82, 2.24) is 9.80 Å². The molecule has 2 heteroatoms. The van der Waals surface area contributed by atoms with Gasteiger partial charge in [0.25, 0.3) is 0 Å². The van der Waals surface area contributed by atoms with Crippen LogP contribution in [-0.4, -0.2) is 49.1 Å². The maximum atomic E-state index is 2.73. The lowest BCUT2D eigenvalue weighted by Gasteiger charge is -2.62. The fourth-order valence-electron chi connectivity index (χ4n) is 9.29. The lowest BCUT2D eigenvalue weighted by Crippen LogP contribution is -2.56. The largest absolute Gasteiger partial charge is 0.306 e. The summed E-state index contributed by atoms with van der Waals surface area (Å²) >= 11 is 0.